The molecule has 4 aromatic carbocycles. The van der Waals surface area contributed by atoms with Crippen molar-refractivity contribution in [1.82, 2.24) is 14.1 Å². The Kier molecular flexibility index (Phi) is 4.84. The number of hydrogen-bond donors (Lipinski definition) is 0. The van der Waals surface area contributed by atoms with Crippen LogP contribution in [-0.4, -0.2) is 22.2 Å². The van der Waals surface area contributed by atoms with Crippen LogP contribution in [0.3, 0.4) is 0 Å². The molecule has 3 heterocycles. The van der Waals surface area contributed by atoms with E-state index >= 15 is 0 Å². The van der Waals surface area contributed by atoms with Gasteiger partial charge in [-0.2, -0.15) is 5.26 Å². The summed E-state index contributed by atoms with van der Waals surface area (Å²) < 4.78 is 4.48. The Morgan fingerprint density at radius 2 is 1.11 bits per heavy atom. The van der Waals surface area contributed by atoms with Gasteiger partial charge in [0.1, 0.15) is 11.6 Å². The van der Waals surface area contributed by atoms with Gasteiger partial charge in [-0.05, 0) is 48.5 Å². The Balaban J connectivity index is 1.51. The summed E-state index contributed by atoms with van der Waals surface area (Å²) in [4.78, 5) is 5.24. The molecular formula is C33H26N4Si. The van der Waals surface area contributed by atoms with Gasteiger partial charge in [0.15, 0.2) is 0 Å². The third-order valence-corrected chi connectivity index (χ3v) is 9.56. The van der Waals surface area contributed by atoms with Crippen LogP contribution < -0.4 is 5.19 Å². The van der Waals surface area contributed by atoms with Crippen LogP contribution in [0.25, 0.3) is 55.2 Å². The molecule has 182 valence electrons. The van der Waals surface area contributed by atoms with E-state index in [0.717, 1.165) is 39.0 Å². The van der Waals surface area contributed by atoms with Gasteiger partial charge < -0.3 is 0 Å². The zero-order valence-corrected chi connectivity index (χ0v) is 22.6. The maximum absolute atomic E-state index is 9.50. The third-order valence-electron chi connectivity index (χ3n) is 7.52. The molecule has 0 unspecified atom stereocenters. The second-order valence-electron chi connectivity index (χ2n) is 10.9. The summed E-state index contributed by atoms with van der Waals surface area (Å²) in [5.74, 6) is 1.73. The zero-order chi connectivity index (χ0) is 26.0. The quantitative estimate of drug-likeness (QED) is 0.231. The van der Waals surface area contributed by atoms with Crippen molar-refractivity contribution in [1.29, 1.82) is 5.26 Å². The highest BCUT2D eigenvalue weighted by molar-refractivity contribution is 6.88. The molecular weight excluding hydrogens is 480 g/mol. The van der Waals surface area contributed by atoms with Gasteiger partial charge in [0, 0.05) is 21.5 Å². The van der Waals surface area contributed by atoms with Crippen LogP contribution >= 0.6 is 0 Å². The van der Waals surface area contributed by atoms with E-state index in [2.05, 4.69) is 114 Å². The first-order valence-electron chi connectivity index (χ1n) is 12.9. The fourth-order valence-corrected chi connectivity index (χ4v) is 6.80. The molecule has 4 nitrogen and oxygen atoms in total. The molecule has 0 saturated heterocycles. The molecule has 5 heteroatoms. The highest BCUT2D eigenvalue weighted by atomic mass is 28.3. The molecule has 7 rings (SSSR count). The number of benzene rings is 4. The fourth-order valence-electron chi connectivity index (χ4n) is 5.64. The minimum absolute atomic E-state index is 0.657. The molecule has 0 aliphatic rings. The Labute approximate surface area is 222 Å². The SMILES string of the molecule is C[Si](C)(C)c1ccc2c(c1)c1ccccc1n2-c1cccc(-n2c3ccccc3c3cc(C#N)ccc32)n1. The number of fused-ring (bicyclic) bond motifs is 6. The predicted octanol–water partition coefficient (Wildman–Crippen LogP) is 7.69. The average Bonchev–Trinajstić information content (AvgIpc) is 3.45. The largest absolute Gasteiger partial charge is 0.294 e. The Morgan fingerprint density at radius 3 is 1.68 bits per heavy atom. The maximum atomic E-state index is 9.50. The molecule has 0 spiro atoms. The van der Waals surface area contributed by atoms with Crippen molar-refractivity contribution in [2.24, 2.45) is 0 Å². The molecule has 0 fully saturated rings. The number of aromatic nitrogens is 3. The lowest BCUT2D eigenvalue weighted by Crippen LogP contribution is -2.37. The lowest BCUT2D eigenvalue weighted by molar-refractivity contribution is 1.01. The van der Waals surface area contributed by atoms with Gasteiger partial charge in [-0.1, -0.05) is 79.4 Å². The molecule has 0 bridgehead atoms. The fraction of sp³-hybridized carbons (Fsp3) is 0.0909. The standard InChI is InChI=1S/C33H26N4Si/c1-38(2,3)23-16-18-31-27(20-23)25-10-5-7-12-29(25)37(31)33-14-8-13-32(35-33)36-28-11-6-4-9-24(28)26-19-22(21-34)15-17-30(26)36/h4-20H,1-3H3. The first-order chi connectivity index (χ1) is 18.4. The van der Waals surface area contributed by atoms with E-state index in [1.807, 2.05) is 24.3 Å². The molecule has 0 amide bonds. The number of para-hydroxylation sites is 2. The van der Waals surface area contributed by atoms with Crippen molar-refractivity contribution in [3.63, 3.8) is 0 Å². The van der Waals surface area contributed by atoms with Crippen molar-refractivity contribution in [3.05, 3.63) is 109 Å². The number of hydrogen-bond acceptors (Lipinski definition) is 2. The number of pyridine rings is 1. The van der Waals surface area contributed by atoms with Gasteiger partial charge in [0.05, 0.1) is 41.8 Å². The monoisotopic (exact) mass is 506 g/mol. The molecule has 0 aliphatic heterocycles. The summed E-state index contributed by atoms with van der Waals surface area (Å²) in [5, 5.41) is 15.6. The van der Waals surface area contributed by atoms with Gasteiger partial charge in [0.25, 0.3) is 0 Å². The Morgan fingerprint density at radius 1 is 0.579 bits per heavy atom. The van der Waals surface area contributed by atoms with Crippen molar-refractivity contribution in [3.8, 4) is 17.7 Å². The van der Waals surface area contributed by atoms with Gasteiger partial charge in [-0.15, -0.1) is 0 Å². The highest BCUT2D eigenvalue weighted by Crippen LogP contribution is 2.34. The van der Waals surface area contributed by atoms with Crippen molar-refractivity contribution < 1.29 is 0 Å². The van der Waals surface area contributed by atoms with Gasteiger partial charge in [-0.3, -0.25) is 9.13 Å². The second kappa shape index (κ2) is 8.17. The summed E-state index contributed by atoms with van der Waals surface area (Å²) in [7, 11) is -1.46. The molecule has 0 radical (unpaired) electrons. The van der Waals surface area contributed by atoms with E-state index < -0.39 is 8.07 Å². The minimum atomic E-state index is -1.46. The molecule has 0 saturated carbocycles. The van der Waals surface area contributed by atoms with Crippen molar-refractivity contribution in [2.45, 2.75) is 19.6 Å². The molecule has 3 aromatic heterocycles. The van der Waals surface area contributed by atoms with Gasteiger partial charge >= 0.3 is 0 Å². The normalized spacial score (nSPS) is 12.1. The molecule has 0 N–H and O–H groups in total. The lowest BCUT2D eigenvalue weighted by Gasteiger charge is -2.17. The minimum Gasteiger partial charge on any atom is -0.294 e. The number of nitrogens with zero attached hydrogens (tertiary/aromatic N) is 4. The summed E-state index contributed by atoms with van der Waals surface area (Å²) in [6.45, 7) is 7.18. The van der Waals surface area contributed by atoms with Crippen LogP contribution in [0.15, 0.2) is 103 Å². The molecule has 38 heavy (non-hydrogen) atoms. The molecule has 0 atom stereocenters. The van der Waals surface area contributed by atoms with E-state index in [0.29, 0.717) is 5.56 Å². The third kappa shape index (κ3) is 3.31. The van der Waals surface area contributed by atoms with Crippen LogP contribution in [-0.2, 0) is 0 Å². The topological polar surface area (TPSA) is 46.5 Å². The van der Waals surface area contributed by atoms with Crippen LogP contribution in [0.4, 0.5) is 0 Å². The van der Waals surface area contributed by atoms with Gasteiger partial charge in [0.2, 0.25) is 0 Å². The van der Waals surface area contributed by atoms with Crippen LogP contribution in [0.5, 0.6) is 0 Å². The van der Waals surface area contributed by atoms with Crippen LogP contribution in [0.2, 0.25) is 19.6 Å². The number of nitriles is 1. The first-order valence-corrected chi connectivity index (χ1v) is 16.4. The predicted molar refractivity (Wildman–Crippen MR) is 161 cm³/mol. The van der Waals surface area contributed by atoms with E-state index in [4.69, 9.17) is 4.98 Å². The summed E-state index contributed by atoms with van der Waals surface area (Å²) in [6.07, 6.45) is 0. The Hall–Kier alpha value is -4.66. The van der Waals surface area contributed by atoms with E-state index in [9.17, 15) is 5.26 Å². The summed E-state index contributed by atoms with van der Waals surface area (Å²) in [6, 6.07) is 38.3. The second-order valence-corrected chi connectivity index (χ2v) is 16.0. The average molecular weight is 507 g/mol. The van der Waals surface area contributed by atoms with Crippen molar-refractivity contribution >= 4 is 56.9 Å². The van der Waals surface area contributed by atoms with Crippen LogP contribution in [0.1, 0.15) is 5.56 Å². The first kappa shape index (κ1) is 22.5. The zero-order valence-electron chi connectivity index (χ0n) is 21.6. The smallest absolute Gasteiger partial charge is 0.140 e. The van der Waals surface area contributed by atoms with E-state index in [1.54, 1.807) is 0 Å². The molecule has 0 aliphatic carbocycles. The van der Waals surface area contributed by atoms with Crippen molar-refractivity contribution in [2.75, 3.05) is 0 Å². The van der Waals surface area contributed by atoms with E-state index in [1.165, 1.54) is 21.5 Å². The maximum Gasteiger partial charge on any atom is 0.140 e. The lowest BCUT2D eigenvalue weighted by atomic mass is 10.1. The van der Waals surface area contributed by atoms with Gasteiger partial charge in [-0.25, -0.2) is 4.98 Å². The Bertz CT molecular complexity index is 2080. The summed E-state index contributed by atoms with van der Waals surface area (Å²) in [5.41, 5.74) is 5.09. The number of rotatable bonds is 3. The summed E-state index contributed by atoms with van der Waals surface area (Å²) >= 11 is 0. The molecule has 7 aromatic rings. The van der Waals surface area contributed by atoms with E-state index in [-0.39, 0.29) is 0 Å². The highest BCUT2D eigenvalue weighted by Gasteiger charge is 2.20. The van der Waals surface area contributed by atoms with Crippen LogP contribution in [0, 0.1) is 11.3 Å².